The number of aromatic hydroxyl groups is 1. The first kappa shape index (κ1) is 43.4. The Labute approximate surface area is 291 Å². The average Bonchev–Trinajstić information content (AvgIpc) is 3.09. The van der Waals surface area contributed by atoms with Crippen LogP contribution in [0.3, 0.4) is 0 Å². The number of nitrogens with one attached hydrogen (secondary N) is 1. The second-order valence-electron chi connectivity index (χ2n) is 11.1. The van der Waals surface area contributed by atoms with Crippen molar-refractivity contribution in [3.8, 4) is 17.1 Å². The van der Waals surface area contributed by atoms with E-state index in [0.29, 0.717) is 113 Å². The molecule has 0 unspecified atom stereocenters. The third-order valence-corrected chi connectivity index (χ3v) is 6.49. The molecule has 0 atom stereocenters. The lowest BCUT2D eigenvalue weighted by Gasteiger charge is -2.12. The van der Waals surface area contributed by atoms with E-state index < -0.39 is 0 Å². The van der Waals surface area contributed by atoms with Gasteiger partial charge in [0.15, 0.2) is 5.43 Å². The number of ether oxygens (including phenoxy) is 5. The van der Waals surface area contributed by atoms with Crippen LogP contribution in [-0.2, 0) is 23.7 Å². The van der Waals surface area contributed by atoms with Gasteiger partial charge in [-0.05, 0) is 36.6 Å². The van der Waals surface area contributed by atoms with Gasteiger partial charge in [0.25, 0.3) is 5.91 Å². The van der Waals surface area contributed by atoms with Gasteiger partial charge in [0.2, 0.25) is 0 Å². The number of carbonyl (C=O) groups is 1. The van der Waals surface area contributed by atoms with Gasteiger partial charge in [0.05, 0.1) is 71.5 Å². The molecule has 0 fully saturated rings. The summed E-state index contributed by atoms with van der Waals surface area (Å²) in [5.41, 5.74) is 7.20. The normalized spacial score (nSPS) is 10.7. The topological polar surface area (TPSA) is 152 Å². The van der Waals surface area contributed by atoms with Crippen LogP contribution in [0.25, 0.3) is 22.3 Å². The molecule has 11 nitrogen and oxygen atoms in total. The van der Waals surface area contributed by atoms with Gasteiger partial charge in [0, 0.05) is 35.8 Å². The van der Waals surface area contributed by atoms with E-state index >= 15 is 0 Å². The minimum Gasteiger partial charge on any atom is -0.508 e. The molecule has 0 saturated heterocycles. The number of nitrogens with two attached hydrogens (primary N) is 1. The van der Waals surface area contributed by atoms with Gasteiger partial charge in [-0.2, -0.15) is 0 Å². The molecular formula is C38H58N2O9. The molecule has 0 radical (unpaired) electrons. The zero-order valence-corrected chi connectivity index (χ0v) is 30.1. The summed E-state index contributed by atoms with van der Waals surface area (Å²) >= 11 is 0. The summed E-state index contributed by atoms with van der Waals surface area (Å²) in [7, 11) is 0. The lowest BCUT2D eigenvalue weighted by atomic mass is 9.98. The van der Waals surface area contributed by atoms with Gasteiger partial charge in [-0.3, -0.25) is 9.59 Å². The molecule has 0 aliphatic rings. The average molecular weight is 687 g/mol. The van der Waals surface area contributed by atoms with Crippen molar-refractivity contribution in [3.05, 3.63) is 76.5 Å². The lowest BCUT2D eigenvalue weighted by molar-refractivity contribution is -0.0102. The van der Waals surface area contributed by atoms with Crippen molar-refractivity contribution < 1.29 is 38.0 Å². The van der Waals surface area contributed by atoms with E-state index in [9.17, 15) is 14.7 Å². The molecular weight excluding hydrogens is 628 g/mol. The Hall–Kier alpha value is -3.58. The molecule has 0 saturated carbocycles. The standard InChI is InChI=1S/C31H42N2O9.C4H8.C3H8/c1-22(2)29-26(34)8-7-25-27(35)21-28(42-30(25)29)23-3-5-24(6-4-23)31(36)33-10-12-38-14-16-40-18-20-41-19-17-39-15-13-37-11-9-32;1-3-4-2;1-3-2/h3-8,21-22,34H,9-20,32H2,1-2H3,(H,33,36);3H,1,4H2,2H3;3H2,1-2H3. The highest BCUT2D eigenvalue weighted by Crippen LogP contribution is 2.34. The molecule has 1 heterocycles. The molecule has 3 aromatic rings. The zero-order chi connectivity index (χ0) is 36.3. The highest BCUT2D eigenvalue weighted by Gasteiger charge is 2.17. The summed E-state index contributed by atoms with van der Waals surface area (Å²) in [5, 5.41) is 13.5. The van der Waals surface area contributed by atoms with Crippen molar-refractivity contribution in [2.75, 3.05) is 79.2 Å². The van der Waals surface area contributed by atoms with Gasteiger partial charge in [-0.15, -0.1) is 6.58 Å². The van der Waals surface area contributed by atoms with Crippen LogP contribution in [0.1, 0.15) is 69.3 Å². The molecule has 0 spiro atoms. The van der Waals surface area contributed by atoms with Crippen molar-refractivity contribution in [2.24, 2.45) is 5.73 Å². The highest BCUT2D eigenvalue weighted by molar-refractivity contribution is 5.94. The number of carbonyl (C=O) groups excluding carboxylic acids is 1. The van der Waals surface area contributed by atoms with E-state index in [-0.39, 0.29) is 23.0 Å². The third-order valence-electron chi connectivity index (χ3n) is 6.49. The second kappa shape index (κ2) is 27.3. The zero-order valence-electron chi connectivity index (χ0n) is 30.1. The number of rotatable bonds is 21. The van der Waals surface area contributed by atoms with Crippen molar-refractivity contribution in [2.45, 2.75) is 53.4 Å². The molecule has 0 aliphatic carbocycles. The number of phenolic OH excluding ortho intramolecular Hbond substituents is 1. The molecule has 0 aliphatic heterocycles. The van der Waals surface area contributed by atoms with Gasteiger partial charge in [-0.1, -0.05) is 59.2 Å². The molecule has 3 rings (SSSR count). The summed E-state index contributed by atoms with van der Waals surface area (Å²) in [4.78, 5) is 25.2. The largest absolute Gasteiger partial charge is 0.508 e. The van der Waals surface area contributed by atoms with E-state index in [2.05, 4.69) is 32.7 Å². The minimum atomic E-state index is -0.238. The molecule has 1 amide bonds. The predicted octanol–water partition coefficient (Wildman–Crippen LogP) is 6.06. The Morgan fingerprint density at radius 3 is 1.82 bits per heavy atom. The Balaban J connectivity index is 0.00000157. The van der Waals surface area contributed by atoms with Crippen molar-refractivity contribution in [1.29, 1.82) is 0 Å². The quantitative estimate of drug-likeness (QED) is 0.0891. The number of fused-ring (bicyclic) bond motifs is 1. The highest BCUT2D eigenvalue weighted by atomic mass is 16.6. The van der Waals surface area contributed by atoms with Crippen LogP contribution in [0, 0.1) is 0 Å². The maximum atomic E-state index is 12.7. The van der Waals surface area contributed by atoms with Gasteiger partial charge >= 0.3 is 0 Å². The smallest absolute Gasteiger partial charge is 0.251 e. The summed E-state index contributed by atoms with van der Waals surface area (Å²) in [5.74, 6) is 0.176. The van der Waals surface area contributed by atoms with Gasteiger partial charge in [0.1, 0.15) is 17.1 Å². The maximum Gasteiger partial charge on any atom is 0.251 e. The lowest BCUT2D eigenvalue weighted by Crippen LogP contribution is -2.27. The molecule has 274 valence electrons. The van der Waals surface area contributed by atoms with Crippen LogP contribution in [0.5, 0.6) is 5.75 Å². The Bertz CT molecular complexity index is 1370. The van der Waals surface area contributed by atoms with E-state index in [1.165, 1.54) is 18.6 Å². The number of phenols is 1. The Morgan fingerprint density at radius 1 is 0.857 bits per heavy atom. The molecule has 49 heavy (non-hydrogen) atoms. The van der Waals surface area contributed by atoms with E-state index in [4.69, 9.17) is 33.8 Å². The van der Waals surface area contributed by atoms with Crippen LogP contribution >= 0.6 is 0 Å². The van der Waals surface area contributed by atoms with Crippen LogP contribution in [0.4, 0.5) is 0 Å². The van der Waals surface area contributed by atoms with Gasteiger partial charge in [-0.25, -0.2) is 0 Å². The van der Waals surface area contributed by atoms with E-state index in [1.54, 1.807) is 30.3 Å². The van der Waals surface area contributed by atoms with Crippen LogP contribution < -0.4 is 16.5 Å². The first-order valence-corrected chi connectivity index (χ1v) is 17.1. The number of hydrogen-bond acceptors (Lipinski definition) is 10. The van der Waals surface area contributed by atoms with Crippen LogP contribution in [0.15, 0.2) is 64.3 Å². The molecule has 0 bridgehead atoms. The van der Waals surface area contributed by atoms with Crippen molar-refractivity contribution in [3.63, 3.8) is 0 Å². The summed E-state index contributed by atoms with van der Waals surface area (Å²) in [6.45, 7) is 19.2. The first-order valence-electron chi connectivity index (χ1n) is 17.1. The monoisotopic (exact) mass is 686 g/mol. The summed E-state index contributed by atoms with van der Waals surface area (Å²) in [6, 6.07) is 11.3. The predicted molar refractivity (Wildman–Crippen MR) is 196 cm³/mol. The second-order valence-corrected chi connectivity index (χ2v) is 11.1. The van der Waals surface area contributed by atoms with Crippen LogP contribution in [-0.4, -0.2) is 90.2 Å². The van der Waals surface area contributed by atoms with Crippen LogP contribution in [0.2, 0.25) is 0 Å². The molecule has 2 aromatic carbocycles. The van der Waals surface area contributed by atoms with E-state index in [1.807, 2.05) is 19.9 Å². The SMILES string of the molecule is C=CCC.CC(C)c1c(O)ccc2c(=O)cc(-c3ccc(C(=O)NCCOCCOCCOCCOCCOCCN)cc3)oc12.CCC. The fourth-order valence-electron chi connectivity index (χ4n) is 4.12. The Kier molecular flexibility index (Phi) is 24.2. The fourth-order valence-corrected chi connectivity index (χ4v) is 4.12. The third kappa shape index (κ3) is 17.6. The van der Waals surface area contributed by atoms with Gasteiger partial charge < -0.3 is 44.3 Å². The van der Waals surface area contributed by atoms with Crippen molar-refractivity contribution >= 4 is 16.9 Å². The fraction of sp³-hybridized carbons (Fsp3) is 0.526. The summed E-state index contributed by atoms with van der Waals surface area (Å²) in [6.07, 6.45) is 4.21. The number of benzene rings is 2. The minimum absolute atomic E-state index is 0.0381. The number of hydrogen-bond donors (Lipinski definition) is 3. The van der Waals surface area contributed by atoms with E-state index in [0.717, 1.165) is 6.42 Å². The summed E-state index contributed by atoms with van der Waals surface area (Å²) < 4.78 is 33.0. The molecule has 11 heteroatoms. The molecule has 4 N–H and O–H groups in total. The van der Waals surface area contributed by atoms with Crippen molar-refractivity contribution in [1.82, 2.24) is 5.32 Å². The Morgan fingerprint density at radius 2 is 1.35 bits per heavy atom. The molecule has 1 aromatic heterocycles. The number of amides is 1. The first-order chi connectivity index (χ1) is 23.7. The number of allylic oxidation sites excluding steroid dienone is 1. The maximum absolute atomic E-state index is 12.7.